The summed E-state index contributed by atoms with van der Waals surface area (Å²) < 4.78 is 0. The van der Waals surface area contributed by atoms with E-state index in [0.29, 0.717) is 30.2 Å². The minimum absolute atomic E-state index is 0.467. The first-order chi connectivity index (χ1) is 16.6. The lowest BCUT2D eigenvalue weighted by atomic mass is 10.0. The van der Waals surface area contributed by atoms with Crippen molar-refractivity contribution < 1.29 is 0 Å². The summed E-state index contributed by atoms with van der Waals surface area (Å²) in [5, 5.41) is 5.78. The molecule has 0 saturated carbocycles. The van der Waals surface area contributed by atoms with Gasteiger partial charge in [0.25, 0.3) is 0 Å². The summed E-state index contributed by atoms with van der Waals surface area (Å²) >= 11 is 6.22. The molecule has 2 aromatic rings. The maximum Gasteiger partial charge on any atom is 0.0737 e. The zero-order valence-corrected chi connectivity index (χ0v) is 24.4. The largest absolute Gasteiger partial charge is 0.382 e. The summed E-state index contributed by atoms with van der Waals surface area (Å²) in [6.45, 7) is 20.8. The second kappa shape index (κ2) is 15.0. The van der Waals surface area contributed by atoms with E-state index in [9.17, 15) is 0 Å². The number of hydrogen-bond donors (Lipinski definition) is 1. The van der Waals surface area contributed by atoms with Gasteiger partial charge in [-0.1, -0.05) is 24.4 Å². The average molecular weight is 503 g/mol. The molecule has 0 radical (unpaired) electrons. The molecule has 0 amide bonds. The molecule has 0 spiro atoms. The number of fused-ring (bicyclic) bond motifs is 1. The van der Waals surface area contributed by atoms with Crippen LogP contribution in [0.5, 0.6) is 0 Å². The van der Waals surface area contributed by atoms with Crippen molar-refractivity contribution in [1.29, 1.82) is 0 Å². The summed E-state index contributed by atoms with van der Waals surface area (Å²) in [5.74, 6) is 0. The van der Waals surface area contributed by atoms with E-state index >= 15 is 0 Å². The van der Waals surface area contributed by atoms with E-state index in [1.54, 1.807) is 0 Å². The lowest BCUT2D eigenvalue weighted by Gasteiger charge is -2.31. The van der Waals surface area contributed by atoms with Gasteiger partial charge in [0.1, 0.15) is 0 Å². The quantitative estimate of drug-likeness (QED) is 0.234. The second-order valence-electron chi connectivity index (χ2n) is 11.2. The number of aromatic nitrogens is 1. The number of nitrogens with one attached hydrogen (secondary N) is 1. The third-order valence-electron chi connectivity index (χ3n) is 7.16. The molecule has 4 nitrogen and oxygen atoms in total. The average Bonchev–Trinajstić information content (AvgIpc) is 2.77. The van der Waals surface area contributed by atoms with Crippen molar-refractivity contribution in [1.82, 2.24) is 14.8 Å². The van der Waals surface area contributed by atoms with Gasteiger partial charge < -0.3 is 5.32 Å². The lowest BCUT2D eigenvalue weighted by molar-refractivity contribution is 0.169. The van der Waals surface area contributed by atoms with Gasteiger partial charge in [-0.25, -0.2) is 0 Å². The van der Waals surface area contributed by atoms with E-state index in [1.165, 1.54) is 57.3 Å². The van der Waals surface area contributed by atoms with Crippen LogP contribution in [0, 0.1) is 0 Å². The molecular formula is C30H51ClN4. The van der Waals surface area contributed by atoms with Crippen LogP contribution in [0.3, 0.4) is 0 Å². The van der Waals surface area contributed by atoms with Gasteiger partial charge in [-0.3, -0.25) is 14.8 Å². The highest BCUT2D eigenvalue weighted by Crippen LogP contribution is 2.26. The van der Waals surface area contributed by atoms with Gasteiger partial charge in [0.15, 0.2) is 0 Å². The predicted molar refractivity (Wildman–Crippen MR) is 156 cm³/mol. The molecular weight excluding hydrogens is 452 g/mol. The Kier molecular flexibility index (Phi) is 12.8. The number of nitrogens with zero attached hydrogens (tertiary/aromatic N) is 3. The Hall–Kier alpha value is -1.36. The minimum Gasteiger partial charge on any atom is -0.382 e. The monoisotopic (exact) mass is 502 g/mol. The minimum atomic E-state index is 0.467. The Labute approximate surface area is 220 Å². The fraction of sp³-hybridized carbons (Fsp3) is 0.700. The third kappa shape index (κ3) is 9.90. The Morgan fingerprint density at radius 2 is 1.26 bits per heavy atom. The molecule has 0 bridgehead atoms. The molecule has 0 fully saturated rings. The number of pyridine rings is 1. The number of unbranched alkanes of at least 4 members (excludes halogenated alkanes) is 2. The number of halogens is 1. The molecule has 0 aliphatic heterocycles. The highest BCUT2D eigenvalue weighted by Gasteiger charge is 2.16. The van der Waals surface area contributed by atoms with Crippen LogP contribution in [0.15, 0.2) is 30.5 Å². The lowest BCUT2D eigenvalue weighted by Crippen LogP contribution is -2.38. The molecule has 0 aliphatic rings. The molecule has 0 aliphatic carbocycles. The first kappa shape index (κ1) is 29.9. The van der Waals surface area contributed by atoms with E-state index in [-0.39, 0.29) is 0 Å². The topological polar surface area (TPSA) is 31.4 Å². The van der Waals surface area contributed by atoms with Crippen LogP contribution in [-0.2, 0) is 0 Å². The molecule has 0 unspecified atom stereocenters. The molecule has 0 saturated heterocycles. The highest BCUT2D eigenvalue weighted by atomic mass is 35.5. The predicted octanol–water partition coefficient (Wildman–Crippen LogP) is 8.25. The van der Waals surface area contributed by atoms with Crippen molar-refractivity contribution in [2.45, 2.75) is 124 Å². The Bertz CT molecular complexity index is 821. The summed E-state index contributed by atoms with van der Waals surface area (Å²) in [6.07, 6.45) is 9.26. The van der Waals surface area contributed by atoms with Crippen LogP contribution < -0.4 is 5.32 Å². The van der Waals surface area contributed by atoms with Gasteiger partial charge in [0, 0.05) is 52.5 Å². The van der Waals surface area contributed by atoms with Gasteiger partial charge in [0.2, 0.25) is 0 Å². The zero-order valence-electron chi connectivity index (χ0n) is 23.6. The number of benzene rings is 1. The smallest absolute Gasteiger partial charge is 0.0737 e. The summed E-state index contributed by atoms with van der Waals surface area (Å²) in [7, 11) is 0. The molecule has 5 heteroatoms. The van der Waals surface area contributed by atoms with E-state index in [1.807, 2.05) is 18.3 Å². The van der Waals surface area contributed by atoms with Crippen LogP contribution in [0.1, 0.15) is 93.9 Å². The van der Waals surface area contributed by atoms with Crippen LogP contribution in [0.4, 0.5) is 5.69 Å². The summed E-state index contributed by atoms with van der Waals surface area (Å²) in [6, 6.07) is 11.0. The molecule has 1 N–H and O–H groups in total. The van der Waals surface area contributed by atoms with Crippen LogP contribution in [0.2, 0.25) is 5.02 Å². The molecule has 1 aromatic carbocycles. The molecule has 35 heavy (non-hydrogen) atoms. The van der Waals surface area contributed by atoms with Crippen molar-refractivity contribution in [3.05, 3.63) is 35.5 Å². The van der Waals surface area contributed by atoms with E-state index < -0.39 is 0 Å². The molecule has 1 heterocycles. The standard InChI is InChI=1S/C30H51ClN4/c1-22(2)34(23(3)4)19-11-9-13-27(14-10-12-20-35(24(5)6)25(7)8)33-29-17-18-32-30-21-26(31)15-16-28(29)30/h15-18,21-25,27H,9-14,19-20H2,1-8H3,(H,32,33). The van der Waals surface area contributed by atoms with Gasteiger partial charge >= 0.3 is 0 Å². The van der Waals surface area contributed by atoms with Crippen molar-refractivity contribution >= 4 is 28.2 Å². The highest BCUT2D eigenvalue weighted by molar-refractivity contribution is 6.31. The maximum absolute atomic E-state index is 6.22. The Morgan fingerprint density at radius 3 is 1.74 bits per heavy atom. The van der Waals surface area contributed by atoms with Gasteiger partial charge in [-0.15, -0.1) is 0 Å². The normalized spacial score (nSPS) is 12.6. The zero-order chi connectivity index (χ0) is 26.0. The van der Waals surface area contributed by atoms with Crippen molar-refractivity contribution in [3.63, 3.8) is 0 Å². The van der Waals surface area contributed by atoms with Gasteiger partial charge in [-0.2, -0.15) is 0 Å². The fourth-order valence-electron chi connectivity index (χ4n) is 5.35. The van der Waals surface area contributed by atoms with Crippen LogP contribution in [-0.4, -0.2) is 58.1 Å². The van der Waals surface area contributed by atoms with Gasteiger partial charge in [0.05, 0.1) is 5.52 Å². The number of anilines is 1. The Morgan fingerprint density at radius 1 is 0.743 bits per heavy atom. The summed E-state index contributed by atoms with van der Waals surface area (Å²) in [4.78, 5) is 9.74. The van der Waals surface area contributed by atoms with Crippen molar-refractivity contribution in [3.8, 4) is 0 Å². The van der Waals surface area contributed by atoms with Crippen molar-refractivity contribution in [2.24, 2.45) is 0 Å². The Balaban J connectivity index is 2.02. The first-order valence-corrected chi connectivity index (χ1v) is 14.3. The number of rotatable bonds is 16. The fourth-order valence-corrected chi connectivity index (χ4v) is 5.52. The van der Waals surface area contributed by atoms with Crippen LogP contribution >= 0.6 is 11.6 Å². The molecule has 0 atom stereocenters. The van der Waals surface area contributed by atoms with Crippen LogP contribution in [0.25, 0.3) is 10.9 Å². The van der Waals surface area contributed by atoms with E-state index in [4.69, 9.17) is 11.6 Å². The van der Waals surface area contributed by atoms with Gasteiger partial charge in [-0.05, 0) is 118 Å². The third-order valence-corrected chi connectivity index (χ3v) is 7.39. The molecule has 198 valence electrons. The maximum atomic E-state index is 6.22. The first-order valence-electron chi connectivity index (χ1n) is 13.9. The number of hydrogen-bond acceptors (Lipinski definition) is 4. The molecule has 2 rings (SSSR count). The SMILES string of the molecule is CC(C)N(CCCCC(CCCCN(C(C)C)C(C)C)Nc1ccnc2cc(Cl)ccc12)C(C)C. The van der Waals surface area contributed by atoms with E-state index in [2.05, 4.69) is 87.6 Å². The molecule has 1 aromatic heterocycles. The second-order valence-corrected chi connectivity index (χ2v) is 11.6. The summed E-state index contributed by atoms with van der Waals surface area (Å²) in [5.41, 5.74) is 2.13. The van der Waals surface area contributed by atoms with E-state index in [0.717, 1.165) is 15.9 Å². The van der Waals surface area contributed by atoms with Crippen molar-refractivity contribution in [2.75, 3.05) is 18.4 Å².